The van der Waals surface area contributed by atoms with Crippen LogP contribution in [-0.4, -0.2) is 23.2 Å². The molecule has 0 aliphatic carbocycles. The molecule has 1 amide bonds. The lowest BCUT2D eigenvalue weighted by molar-refractivity contribution is -0.117. The zero-order chi connectivity index (χ0) is 15.5. The minimum absolute atomic E-state index is 0.0791. The second kappa shape index (κ2) is 6.50. The van der Waals surface area contributed by atoms with Crippen LogP contribution in [0.25, 0.3) is 10.2 Å². The van der Waals surface area contributed by atoms with Gasteiger partial charge in [-0.15, -0.1) is 11.3 Å². The van der Waals surface area contributed by atoms with Crippen LogP contribution < -0.4 is 4.90 Å². The molecule has 1 aromatic heterocycles. The van der Waals surface area contributed by atoms with Crippen molar-refractivity contribution in [2.24, 2.45) is 0 Å². The van der Waals surface area contributed by atoms with E-state index < -0.39 is 0 Å². The molecule has 0 aliphatic rings. The number of para-hydroxylation sites is 2. The Bertz CT molecular complexity index is 752. The third kappa shape index (κ3) is 3.15. The third-order valence-corrected chi connectivity index (χ3v) is 5.59. The van der Waals surface area contributed by atoms with Crippen molar-refractivity contribution in [3.8, 4) is 0 Å². The molecule has 3 aromatic rings. The fraction of sp³-hybridized carbons (Fsp3) is 0.176. The van der Waals surface area contributed by atoms with Gasteiger partial charge in [-0.05, 0) is 31.2 Å². The molecular weight excluding hydrogens is 312 g/mol. The minimum Gasteiger partial charge on any atom is -0.315 e. The summed E-state index contributed by atoms with van der Waals surface area (Å²) >= 11 is 3.15. The smallest absolute Gasteiger partial charge is 0.240 e. The van der Waals surface area contributed by atoms with Crippen molar-refractivity contribution in [1.29, 1.82) is 0 Å². The molecule has 0 N–H and O–H groups in total. The van der Waals surface area contributed by atoms with E-state index in [0.717, 1.165) is 20.2 Å². The van der Waals surface area contributed by atoms with Gasteiger partial charge >= 0.3 is 0 Å². The van der Waals surface area contributed by atoms with Crippen LogP contribution in [-0.2, 0) is 4.79 Å². The highest BCUT2D eigenvalue weighted by Crippen LogP contribution is 2.32. The van der Waals surface area contributed by atoms with Gasteiger partial charge in [0.1, 0.15) is 0 Å². The van der Waals surface area contributed by atoms with E-state index in [0.29, 0.717) is 0 Å². The number of hydrogen-bond acceptors (Lipinski definition) is 4. The molecule has 0 saturated carbocycles. The molecule has 0 saturated heterocycles. The fourth-order valence-electron chi connectivity index (χ4n) is 2.15. The van der Waals surface area contributed by atoms with Gasteiger partial charge < -0.3 is 4.90 Å². The summed E-state index contributed by atoms with van der Waals surface area (Å²) in [5.74, 6) is 0.0791. The first-order valence-electron chi connectivity index (χ1n) is 7.00. The van der Waals surface area contributed by atoms with Gasteiger partial charge in [-0.2, -0.15) is 0 Å². The molecule has 2 aromatic carbocycles. The lowest BCUT2D eigenvalue weighted by atomic mass is 10.3. The summed E-state index contributed by atoms with van der Waals surface area (Å²) in [7, 11) is 1.81. The Morgan fingerprint density at radius 3 is 2.55 bits per heavy atom. The maximum absolute atomic E-state index is 12.5. The van der Waals surface area contributed by atoms with Crippen molar-refractivity contribution < 1.29 is 4.79 Å². The van der Waals surface area contributed by atoms with E-state index in [2.05, 4.69) is 11.1 Å². The summed E-state index contributed by atoms with van der Waals surface area (Å²) in [6.07, 6.45) is 0. The van der Waals surface area contributed by atoms with Gasteiger partial charge in [0.25, 0.3) is 0 Å². The molecule has 112 valence electrons. The Morgan fingerprint density at radius 1 is 1.14 bits per heavy atom. The average Bonchev–Trinajstić information content (AvgIpc) is 2.96. The minimum atomic E-state index is -0.175. The normalized spacial score (nSPS) is 12.3. The maximum Gasteiger partial charge on any atom is 0.240 e. The van der Waals surface area contributed by atoms with Gasteiger partial charge in [0.15, 0.2) is 4.34 Å². The van der Waals surface area contributed by atoms with Gasteiger partial charge in [0.05, 0.1) is 15.5 Å². The van der Waals surface area contributed by atoms with E-state index >= 15 is 0 Å². The highest BCUT2D eigenvalue weighted by Gasteiger charge is 2.21. The highest BCUT2D eigenvalue weighted by molar-refractivity contribution is 8.02. The molecule has 3 nitrogen and oxygen atoms in total. The molecule has 0 fully saturated rings. The second-order valence-corrected chi connectivity index (χ2v) is 7.56. The molecule has 0 radical (unpaired) electrons. The van der Waals surface area contributed by atoms with Crippen LogP contribution in [0.2, 0.25) is 0 Å². The predicted molar refractivity (Wildman–Crippen MR) is 94.8 cm³/mol. The van der Waals surface area contributed by atoms with Gasteiger partial charge in [0.2, 0.25) is 5.91 Å². The quantitative estimate of drug-likeness (QED) is 0.664. The molecule has 0 bridgehead atoms. The number of aromatic nitrogens is 1. The van der Waals surface area contributed by atoms with Gasteiger partial charge in [0, 0.05) is 12.7 Å². The summed E-state index contributed by atoms with van der Waals surface area (Å²) in [6, 6.07) is 17.7. The number of benzene rings is 2. The lowest BCUT2D eigenvalue weighted by Gasteiger charge is -2.20. The van der Waals surface area contributed by atoms with Crippen LogP contribution in [0, 0.1) is 0 Å². The topological polar surface area (TPSA) is 33.2 Å². The number of anilines is 1. The monoisotopic (exact) mass is 328 g/mol. The van der Waals surface area contributed by atoms with Crippen LogP contribution >= 0.6 is 23.1 Å². The summed E-state index contributed by atoms with van der Waals surface area (Å²) in [4.78, 5) is 18.8. The highest BCUT2D eigenvalue weighted by atomic mass is 32.2. The standard InChI is InChI=1S/C17H16N2OS2/c1-12(16(20)19(2)13-8-4-3-5-9-13)21-17-18-14-10-6-7-11-15(14)22-17/h3-12H,1-2H3/t12-/m1/s1. The number of amides is 1. The number of thioether (sulfide) groups is 1. The molecule has 5 heteroatoms. The Morgan fingerprint density at radius 2 is 1.82 bits per heavy atom. The van der Waals surface area contributed by atoms with E-state index in [-0.39, 0.29) is 11.2 Å². The van der Waals surface area contributed by atoms with Crippen LogP contribution in [0.15, 0.2) is 58.9 Å². The molecule has 22 heavy (non-hydrogen) atoms. The van der Waals surface area contributed by atoms with E-state index in [4.69, 9.17) is 0 Å². The summed E-state index contributed by atoms with van der Waals surface area (Å²) in [5.41, 5.74) is 1.90. The Hall–Kier alpha value is -1.85. The fourth-order valence-corrected chi connectivity index (χ4v) is 4.46. The lowest BCUT2D eigenvalue weighted by Crippen LogP contribution is -2.33. The van der Waals surface area contributed by atoms with Crippen molar-refractivity contribution in [2.45, 2.75) is 16.5 Å². The maximum atomic E-state index is 12.5. The zero-order valence-electron chi connectivity index (χ0n) is 12.4. The van der Waals surface area contributed by atoms with E-state index in [1.807, 2.05) is 62.5 Å². The van der Waals surface area contributed by atoms with Crippen molar-refractivity contribution >= 4 is 44.9 Å². The van der Waals surface area contributed by atoms with Crippen LogP contribution in [0.4, 0.5) is 5.69 Å². The third-order valence-electron chi connectivity index (χ3n) is 3.37. The van der Waals surface area contributed by atoms with Crippen molar-refractivity contribution in [3.63, 3.8) is 0 Å². The molecule has 1 heterocycles. The number of fused-ring (bicyclic) bond motifs is 1. The Balaban J connectivity index is 1.73. The van der Waals surface area contributed by atoms with Crippen molar-refractivity contribution in [1.82, 2.24) is 4.98 Å². The van der Waals surface area contributed by atoms with Crippen LogP contribution in [0.5, 0.6) is 0 Å². The predicted octanol–water partition coefficient (Wildman–Crippen LogP) is 4.44. The Kier molecular flexibility index (Phi) is 4.45. The first-order chi connectivity index (χ1) is 10.6. The summed E-state index contributed by atoms with van der Waals surface area (Å²) in [5, 5.41) is -0.175. The molecule has 0 aliphatic heterocycles. The molecule has 1 atom stereocenters. The van der Waals surface area contributed by atoms with Gasteiger partial charge in [-0.1, -0.05) is 42.1 Å². The SMILES string of the molecule is C[C@@H](Sc1nc2ccccc2s1)C(=O)N(C)c1ccccc1. The number of rotatable bonds is 4. The zero-order valence-corrected chi connectivity index (χ0v) is 14.0. The van der Waals surface area contributed by atoms with Crippen molar-refractivity contribution in [2.75, 3.05) is 11.9 Å². The van der Waals surface area contributed by atoms with Crippen molar-refractivity contribution in [3.05, 3.63) is 54.6 Å². The summed E-state index contributed by atoms with van der Waals surface area (Å²) in [6.45, 7) is 1.93. The van der Waals surface area contributed by atoms with E-state index in [9.17, 15) is 4.79 Å². The Labute approximate surface area is 138 Å². The number of thiazole rings is 1. The number of hydrogen-bond donors (Lipinski definition) is 0. The van der Waals surface area contributed by atoms with Gasteiger partial charge in [-0.3, -0.25) is 4.79 Å². The van der Waals surface area contributed by atoms with Crippen LogP contribution in [0.1, 0.15) is 6.92 Å². The molecule has 0 unspecified atom stereocenters. The second-order valence-electron chi connectivity index (χ2n) is 4.94. The molecule has 0 spiro atoms. The number of carbonyl (C=O) groups excluding carboxylic acids is 1. The van der Waals surface area contributed by atoms with Gasteiger partial charge in [-0.25, -0.2) is 4.98 Å². The van der Waals surface area contributed by atoms with E-state index in [1.54, 1.807) is 16.2 Å². The largest absolute Gasteiger partial charge is 0.315 e. The van der Waals surface area contributed by atoms with E-state index in [1.165, 1.54) is 11.8 Å². The molecular formula is C17H16N2OS2. The number of carbonyl (C=O) groups is 1. The molecule has 3 rings (SSSR count). The summed E-state index contributed by atoms with van der Waals surface area (Å²) < 4.78 is 2.09. The van der Waals surface area contributed by atoms with Crippen LogP contribution in [0.3, 0.4) is 0 Å². The average molecular weight is 328 g/mol. The number of nitrogens with zero attached hydrogens (tertiary/aromatic N) is 2. The first-order valence-corrected chi connectivity index (χ1v) is 8.69. The first kappa shape index (κ1) is 15.1.